The summed E-state index contributed by atoms with van der Waals surface area (Å²) in [5.74, 6) is 0.506. The molecule has 8 heteroatoms. The van der Waals surface area contributed by atoms with Gasteiger partial charge in [-0.25, -0.2) is 0 Å². The molecule has 3 rings (SSSR count). The van der Waals surface area contributed by atoms with Gasteiger partial charge < -0.3 is 20.3 Å². The zero-order valence-corrected chi connectivity index (χ0v) is 17.9. The minimum absolute atomic E-state index is 0.134. The maximum Gasteiger partial charge on any atom is 0.238 e. The molecule has 0 unspecified atom stereocenters. The van der Waals surface area contributed by atoms with Crippen LogP contribution in [0.3, 0.4) is 0 Å². The summed E-state index contributed by atoms with van der Waals surface area (Å²) in [7, 11) is 3.36. The third-order valence-corrected chi connectivity index (χ3v) is 5.02. The highest BCUT2D eigenvalue weighted by atomic mass is 16.5. The van der Waals surface area contributed by atoms with Crippen molar-refractivity contribution in [2.45, 2.75) is 19.3 Å². The molecule has 1 fully saturated rings. The smallest absolute Gasteiger partial charge is 0.238 e. The number of methoxy groups -OCH3 is 1. The van der Waals surface area contributed by atoms with Crippen molar-refractivity contribution in [2.75, 3.05) is 49.3 Å². The second-order valence-corrected chi connectivity index (χ2v) is 7.51. The average Bonchev–Trinajstić information content (AvgIpc) is 3.18. The first-order valence-electron chi connectivity index (χ1n) is 10.3. The van der Waals surface area contributed by atoms with Crippen molar-refractivity contribution in [3.05, 3.63) is 48.5 Å². The minimum atomic E-state index is -0.164. The van der Waals surface area contributed by atoms with Crippen LogP contribution in [0.25, 0.3) is 0 Å². The van der Waals surface area contributed by atoms with Crippen LogP contribution in [0.2, 0.25) is 0 Å². The van der Waals surface area contributed by atoms with Gasteiger partial charge in [0, 0.05) is 49.1 Å². The fraction of sp³-hybridized carbons (Fsp3) is 0.348. The Bertz CT molecular complexity index is 929. The van der Waals surface area contributed by atoms with E-state index in [9.17, 15) is 14.4 Å². The summed E-state index contributed by atoms with van der Waals surface area (Å²) in [6.45, 7) is 1.35. The van der Waals surface area contributed by atoms with E-state index in [-0.39, 0.29) is 30.7 Å². The first-order chi connectivity index (χ1) is 14.9. The van der Waals surface area contributed by atoms with Crippen molar-refractivity contribution in [1.82, 2.24) is 4.90 Å². The summed E-state index contributed by atoms with van der Waals surface area (Å²) in [6, 6.07) is 14.4. The maximum atomic E-state index is 12.2. The number of likely N-dealkylation sites (N-methyl/N-ethyl adjacent to an activating group) is 1. The Balaban J connectivity index is 1.40. The number of nitrogens with zero attached hydrogens (tertiary/aromatic N) is 2. The van der Waals surface area contributed by atoms with Gasteiger partial charge in [0.25, 0.3) is 0 Å². The molecule has 3 amide bonds. The van der Waals surface area contributed by atoms with Gasteiger partial charge in [0.2, 0.25) is 17.7 Å². The Morgan fingerprint density at radius 2 is 1.81 bits per heavy atom. The summed E-state index contributed by atoms with van der Waals surface area (Å²) in [5.41, 5.74) is 2.19. The fourth-order valence-electron chi connectivity index (χ4n) is 3.39. The van der Waals surface area contributed by atoms with Crippen LogP contribution >= 0.6 is 0 Å². The molecule has 0 aromatic heterocycles. The van der Waals surface area contributed by atoms with Crippen LogP contribution in [0.15, 0.2) is 48.5 Å². The monoisotopic (exact) mass is 424 g/mol. The van der Waals surface area contributed by atoms with Gasteiger partial charge in [0.05, 0.1) is 13.7 Å². The van der Waals surface area contributed by atoms with Crippen LogP contribution in [0, 0.1) is 0 Å². The summed E-state index contributed by atoms with van der Waals surface area (Å²) in [5, 5.41) is 5.67. The molecular formula is C23H28N4O4. The Morgan fingerprint density at radius 3 is 2.48 bits per heavy atom. The van der Waals surface area contributed by atoms with E-state index in [1.165, 1.54) is 0 Å². The van der Waals surface area contributed by atoms with E-state index in [0.717, 1.165) is 18.7 Å². The number of anilines is 3. The van der Waals surface area contributed by atoms with E-state index in [4.69, 9.17) is 4.74 Å². The van der Waals surface area contributed by atoms with Crippen molar-refractivity contribution in [3.8, 4) is 5.75 Å². The van der Waals surface area contributed by atoms with Crippen LogP contribution in [0.5, 0.6) is 5.75 Å². The normalized spacial score (nSPS) is 13.4. The zero-order valence-electron chi connectivity index (χ0n) is 17.9. The lowest BCUT2D eigenvalue weighted by Crippen LogP contribution is -2.32. The molecule has 164 valence electrons. The molecular weight excluding hydrogens is 396 g/mol. The van der Waals surface area contributed by atoms with Gasteiger partial charge in [-0.1, -0.05) is 6.07 Å². The SMILES string of the molecule is COc1cccc(NC(=O)CN(C)CCC(=O)Nc2ccc(N3CCCC3=O)cc2)c1. The van der Waals surface area contributed by atoms with Gasteiger partial charge >= 0.3 is 0 Å². The predicted molar refractivity (Wildman–Crippen MR) is 120 cm³/mol. The van der Waals surface area contributed by atoms with Crippen LogP contribution < -0.4 is 20.3 Å². The molecule has 8 nitrogen and oxygen atoms in total. The zero-order chi connectivity index (χ0) is 22.2. The largest absolute Gasteiger partial charge is 0.497 e. The molecule has 1 saturated heterocycles. The molecule has 1 heterocycles. The van der Waals surface area contributed by atoms with E-state index in [0.29, 0.717) is 30.1 Å². The number of benzene rings is 2. The molecule has 0 radical (unpaired) electrons. The fourth-order valence-corrected chi connectivity index (χ4v) is 3.39. The summed E-state index contributed by atoms with van der Waals surface area (Å²) < 4.78 is 5.14. The quantitative estimate of drug-likeness (QED) is 0.646. The number of amides is 3. The number of hydrogen-bond donors (Lipinski definition) is 2. The molecule has 0 saturated carbocycles. The van der Waals surface area contributed by atoms with E-state index in [1.807, 2.05) is 12.1 Å². The van der Waals surface area contributed by atoms with Gasteiger partial charge in [-0.2, -0.15) is 0 Å². The van der Waals surface area contributed by atoms with Gasteiger partial charge in [0.1, 0.15) is 5.75 Å². The molecule has 0 spiro atoms. The number of nitrogens with one attached hydrogen (secondary N) is 2. The lowest BCUT2D eigenvalue weighted by atomic mass is 10.2. The molecule has 2 aromatic carbocycles. The van der Waals surface area contributed by atoms with Gasteiger partial charge in [-0.15, -0.1) is 0 Å². The first kappa shape index (κ1) is 22.3. The van der Waals surface area contributed by atoms with Crippen LogP contribution in [0.1, 0.15) is 19.3 Å². The molecule has 0 aliphatic carbocycles. The predicted octanol–water partition coefficient (Wildman–Crippen LogP) is 2.72. The summed E-state index contributed by atoms with van der Waals surface area (Å²) >= 11 is 0. The van der Waals surface area contributed by atoms with E-state index in [2.05, 4.69) is 10.6 Å². The Morgan fingerprint density at radius 1 is 1.06 bits per heavy atom. The Kier molecular flexibility index (Phi) is 7.61. The van der Waals surface area contributed by atoms with Crippen molar-refractivity contribution in [2.24, 2.45) is 0 Å². The minimum Gasteiger partial charge on any atom is -0.497 e. The van der Waals surface area contributed by atoms with E-state index >= 15 is 0 Å². The molecule has 1 aliphatic heterocycles. The van der Waals surface area contributed by atoms with E-state index < -0.39 is 0 Å². The van der Waals surface area contributed by atoms with Crippen LogP contribution in [-0.2, 0) is 14.4 Å². The molecule has 1 aliphatic rings. The highest BCUT2D eigenvalue weighted by Crippen LogP contribution is 2.23. The maximum absolute atomic E-state index is 12.2. The van der Waals surface area contributed by atoms with Crippen LogP contribution in [-0.4, -0.2) is 56.4 Å². The lowest BCUT2D eigenvalue weighted by Gasteiger charge is -2.17. The number of hydrogen-bond acceptors (Lipinski definition) is 5. The summed E-state index contributed by atoms with van der Waals surface area (Å²) in [6.07, 6.45) is 1.72. The lowest BCUT2D eigenvalue weighted by molar-refractivity contribution is -0.119. The number of ether oxygens (including phenoxy) is 1. The first-order valence-corrected chi connectivity index (χ1v) is 10.3. The van der Waals surface area contributed by atoms with Crippen molar-refractivity contribution in [3.63, 3.8) is 0 Å². The van der Waals surface area contributed by atoms with Crippen molar-refractivity contribution in [1.29, 1.82) is 0 Å². The second-order valence-electron chi connectivity index (χ2n) is 7.51. The molecule has 0 bridgehead atoms. The molecule has 0 atom stereocenters. The van der Waals surface area contributed by atoms with Gasteiger partial charge in [0.15, 0.2) is 0 Å². The van der Waals surface area contributed by atoms with Crippen molar-refractivity contribution >= 4 is 34.8 Å². The van der Waals surface area contributed by atoms with Crippen molar-refractivity contribution < 1.29 is 19.1 Å². The third kappa shape index (κ3) is 6.55. The number of carbonyl (C=O) groups is 3. The molecule has 31 heavy (non-hydrogen) atoms. The highest BCUT2D eigenvalue weighted by molar-refractivity contribution is 5.96. The average molecular weight is 425 g/mol. The second kappa shape index (κ2) is 10.6. The number of carbonyl (C=O) groups excluding carboxylic acids is 3. The highest BCUT2D eigenvalue weighted by Gasteiger charge is 2.21. The van der Waals surface area contributed by atoms with Gasteiger partial charge in [-0.3, -0.25) is 19.3 Å². The summed E-state index contributed by atoms with van der Waals surface area (Å²) in [4.78, 5) is 39.8. The van der Waals surface area contributed by atoms with Gasteiger partial charge in [-0.05, 0) is 49.9 Å². The Labute approximate surface area is 182 Å². The molecule has 2 N–H and O–H groups in total. The topological polar surface area (TPSA) is 91.0 Å². The molecule has 2 aromatic rings. The standard InChI is InChI=1S/C23H28N4O4/c1-26(16-22(29)25-18-5-3-6-20(15-18)31-2)14-12-21(28)24-17-8-10-19(11-9-17)27-13-4-7-23(27)30/h3,5-6,8-11,15H,4,7,12-14,16H2,1-2H3,(H,24,28)(H,25,29). The Hall–Kier alpha value is -3.39. The van der Waals surface area contributed by atoms with E-state index in [1.54, 1.807) is 60.4 Å². The van der Waals surface area contributed by atoms with Crippen LogP contribution in [0.4, 0.5) is 17.1 Å². The number of rotatable bonds is 9. The third-order valence-electron chi connectivity index (χ3n) is 5.02.